The first kappa shape index (κ1) is 22.2. The SMILES string of the molecule is COCCNc1nc(-c2cc(C(=O)NCc3ccc(OC)cc3)on2)cc(C(C)C)n1. The smallest absolute Gasteiger partial charge is 0.290 e. The van der Waals surface area contributed by atoms with Crippen molar-refractivity contribution in [2.45, 2.75) is 26.3 Å². The second-order valence-electron chi connectivity index (χ2n) is 7.18. The van der Waals surface area contributed by atoms with Crippen molar-refractivity contribution in [1.82, 2.24) is 20.4 Å². The minimum Gasteiger partial charge on any atom is -0.497 e. The zero-order chi connectivity index (χ0) is 22.2. The number of hydrogen-bond acceptors (Lipinski definition) is 8. The van der Waals surface area contributed by atoms with Gasteiger partial charge in [0.25, 0.3) is 5.91 Å². The van der Waals surface area contributed by atoms with Gasteiger partial charge in [0.2, 0.25) is 11.7 Å². The molecule has 0 aliphatic heterocycles. The maximum Gasteiger partial charge on any atom is 0.290 e. The second-order valence-corrected chi connectivity index (χ2v) is 7.18. The van der Waals surface area contributed by atoms with E-state index in [-0.39, 0.29) is 17.6 Å². The third-order valence-electron chi connectivity index (χ3n) is 4.54. The van der Waals surface area contributed by atoms with Gasteiger partial charge in [0.05, 0.1) is 19.4 Å². The van der Waals surface area contributed by atoms with E-state index in [4.69, 9.17) is 14.0 Å². The Kier molecular flexibility index (Phi) is 7.55. The molecule has 2 aromatic heterocycles. The van der Waals surface area contributed by atoms with Crippen LogP contribution in [0.25, 0.3) is 11.4 Å². The van der Waals surface area contributed by atoms with E-state index in [9.17, 15) is 4.79 Å². The van der Waals surface area contributed by atoms with Crippen LogP contribution in [0, 0.1) is 0 Å². The number of carbonyl (C=O) groups excluding carboxylic acids is 1. The van der Waals surface area contributed by atoms with Crippen LogP contribution in [0.4, 0.5) is 5.95 Å². The van der Waals surface area contributed by atoms with Crippen LogP contribution in [0.5, 0.6) is 5.75 Å². The van der Waals surface area contributed by atoms with Crippen LogP contribution < -0.4 is 15.4 Å². The molecular weight excluding hydrogens is 398 g/mol. The Bertz CT molecular complexity index is 1000. The first-order valence-corrected chi connectivity index (χ1v) is 10.00. The quantitative estimate of drug-likeness (QED) is 0.476. The van der Waals surface area contributed by atoms with Gasteiger partial charge in [-0.25, -0.2) is 9.97 Å². The van der Waals surface area contributed by atoms with Gasteiger partial charge in [0.1, 0.15) is 11.4 Å². The zero-order valence-corrected chi connectivity index (χ0v) is 18.1. The number of amides is 1. The Morgan fingerprint density at radius 2 is 1.87 bits per heavy atom. The molecule has 0 saturated carbocycles. The Morgan fingerprint density at radius 1 is 1.10 bits per heavy atom. The summed E-state index contributed by atoms with van der Waals surface area (Å²) in [5, 5.41) is 9.98. The highest BCUT2D eigenvalue weighted by atomic mass is 16.5. The van der Waals surface area contributed by atoms with Crippen molar-refractivity contribution in [2.75, 3.05) is 32.7 Å². The lowest BCUT2D eigenvalue weighted by Crippen LogP contribution is -2.22. The molecule has 1 amide bonds. The van der Waals surface area contributed by atoms with Crippen LogP contribution in [0.3, 0.4) is 0 Å². The van der Waals surface area contributed by atoms with Gasteiger partial charge in [0.15, 0.2) is 0 Å². The summed E-state index contributed by atoms with van der Waals surface area (Å²) in [6.45, 7) is 5.57. The Morgan fingerprint density at radius 3 is 2.55 bits per heavy atom. The topological polar surface area (TPSA) is 111 Å². The predicted molar refractivity (Wildman–Crippen MR) is 116 cm³/mol. The Balaban J connectivity index is 1.71. The van der Waals surface area contributed by atoms with Gasteiger partial charge in [-0.1, -0.05) is 31.1 Å². The molecular formula is C22H27N5O4. The third-order valence-corrected chi connectivity index (χ3v) is 4.54. The molecule has 9 nitrogen and oxygen atoms in total. The molecule has 31 heavy (non-hydrogen) atoms. The molecule has 0 aliphatic carbocycles. The number of aromatic nitrogens is 3. The summed E-state index contributed by atoms with van der Waals surface area (Å²) in [5.74, 6) is 1.19. The zero-order valence-electron chi connectivity index (χ0n) is 18.1. The van der Waals surface area contributed by atoms with Crippen molar-refractivity contribution in [3.05, 3.63) is 53.4 Å². The van der Waals surface area contributed by atoms with Crippen molar-refractivity contribution >= 4 is 11.9 Å². The van der Waals surface area contributed by atoms with E-state index in [1.807, 2.05) is 44.2 Å². The summed E-state index contributed by atoms with van der Waals surface area (Å²) in [6, 6.07) is 10.9. The van der Waals surface area contributed by atoms with E-state index >= 15 is 0 Å². The molecule has 0 atom stereocenters. The highest BCUT2D eigenvalue weighted by molar-refractivity contribution is 5.92. The highest BCUT2D eigenvalue weighted by Gasteiger charge is 2.17. The molecule has 3 aromatic rings. The molecule has 1 aromatic carbocycles. The lowest BCUT2D eigenvalue weighted by atomic mass is 10.1. The van der Waals surface area contributed by atoms with Gasteiger partial charge in [-0.2, -0.15) is 0 Å². The maximum atomic E-state index is 12.5. The second kappa shape index (κ2) is 10.5. The average molecular weight is 425 g/mol. The van der Waals surface area contributed by atoms with E-state index in [0.717, 1.165) is 17.0 Å². The van der Waals surface area contributed by atoms with E-state index in [1.54, 1.807) is 20.3 Å². The molecule has 0 aliphatic rings. The normalized spacial score (nSPS) is 10.9. The molecule has 2 N–H and O–H groups in total. The number of rotatable bonds is 10. The van der Waals surface area contributed by atoms with Crippen molar-refractivity contribution in [1.29, 1.82) is 0 Å². The van der Waals surface area contributed by atoms with Crippen molar-refractivity contribution in [3.63, 3.8) is 0 Å². The predicted octanol–water partition coefficient (Wildman–Crippen LogP) is 3.25. The number of benzene rings is 1. The summed E-state index contributed by atoms with van der Waals surface area (Å²) in [5.41, 5.74) is 2.85. The fourth-order valence-electron chi connectivity index (χ4n) is 2.75. The molecule has 0 radical (unpaired) electrons. The number of nitrogens with one attached hydrogen (secondary N) is 2. The van der Waals surface area contributed by atoms with Crippen LogP contribution in [-0.2, 0) is 11.3 Å². The fourth-order valence-corrected chi connectivity index (χ4v) is 2.75. The van der Waals surface area contributed by atoms with Gasteiger partial charge in [-0.05, 0) is 29.7 Å². The summed E-state index contributed by atoms with van der Waals surface area (Å²) in [6.07, 6.45) is 0. The summed E-state index contributed by atoms with van der Waals surface area (Å²) < 4.78 is 15.5. The maximum absolute atomic E-state index is 12.5. The number of methoxy groups -OCH3 is 2. The van der Waals surface area contributed by atoms with Crippen LogP contribution in [0.2, 0.25) is 0 Å². The largest absolute Gasteiger partial charge is 0.497 e. The van der Waals surface area contributed by atoms with E-state index in [1.165, 1.54) is 0 Å². The van der Waals surface area contributed by atoms with Crippen molar-refractivity contribution in [2.24, 2.45) is 0 Å². The molecule has 0 bridgehead atoms. The Labute approximate surface area is 181 Å². The number of ether oxygens (including phenoxy) is 2. The average Bonchev–Trinajstić information content (AvgIpc) is 3.28. The summed E-state index contributed by atoms with van der Waals surface area (Å²) in [4.78, 5) is 21.5. The van der Waals surface area contributed by atoms with Crippen LogP contribution in [0.15, 0.2) is 40.9 Å². The monoisotopic (exact) mass is 425 g/mol. The third kappa shape index (κ3) is 6.02. The summed E-state index contributed by atoms with van der Waals surface area (Å²) in [7, 11) is 3.24. The molecule has 164 valence electrons. The van der Waals surface area contributed by atoms with Gasteiger partial charge < -0.3 is 24.6 Å². The van der Waals surface area contributed by atoms with Gasteiger partial charge in [-0.15, -0.1) is 0 Å². The molecule has 0 unspecified atom stereocenters. The van der Waals surface area contributed by atoms with Crippen LogP contribution >= 0.6 is 0 Å². The number of nitrogens with zero attached hydrogens (tertiary/aromatic N) is 3. The number of anilines is 1. The standard InChI is InChI=1S/C22H27N5O4/c1-14(2)17-11-18(26-22(25-17)23-9-10-29-3)19-12-20(31-27-19)21(28)24-13-15-5-7-16(30-4)8-6-15/h5-8,11-12,14H,9-10,13H2,1-4H3,(H,24,28)(H,23,25,26). The first-order chi connectivity index (χ1) is 15.0. The Hall–Kier alpha value is -3.46. The fraction of sp³-hybridized carbons (Fsp3) is 0.364. The minimum absolute atomic E-state index is 0.113. The molecule has 0 fully saturated rings. The van der Waals surface area contributed by atoms with Crippen LogP contribution in [-0.4, -0.2) is 48.4 Å². The highest BCUT2D eigenvalue weighted by Crippen LogP contribution is 2.23. The van der Waals surface area contributed by atoms with Gasteiger partial charge in [-0.3, -0.25) is 4.79 Å². The van der Waals surface area contributed by atoms with Gasteiger partial charge >= 0.3 is 0 Å². The van der Waals surface area contributed by atoms with E-state index < -0.39 is 0 Å². The lowest BCUT2D eigenvalue weighted by molar-refractivity contribution is 0.0914. The lowest BCUT2D eigenvalue weighted by Gasteiger charge is -2.10. The van der Waals surface area contributed by atoms with Crippen molar-refractivity contribution < 1.29 is 18.8 Å². The number of carbonyl (C=O) groups is 1. The van der Waals surface area contributed by atoms with Gasteiger partial charge in [0, 0.05) is 32.0 Å². The van der Waals surface area contributed by atoms with E-state index in [2.05, 4.69) is 25.8 Å². The molecule has 9 heteroatoms. The first-order valence-electron chi connectivity index (χ1n) is 10.00. The molecule has 2 heterocycles. The summed E-state index contributed by atoms with van der Waals surface area (Å²) >= 11 is 0. The van der Waals surface area contributed by atoms with Crippen LogP contribution in [0.1, 0.15) is 41.6 Å². The van der Waals surface area contributed by atoms with E-state index in [0.29, 0.717) is 37.0 Å². The molecule has 0 spiro atoms. The minimum atomic E-state index is -0.355. The number of hydrogen-bond donors (Lipinski definition) is 2. The van der Waals surface area contributed by atoms with Crippen molar-refractivity contribution in [3.8, 4) is 17.1 Å². The molecule has 0 saturated heterocycles. The molecule has 3 rings (SSSR count).